The number of nitrogens with one attached hydrogen (secondary N) is 5. The minimum Gasteiger partial charge on any atom is -0.460 e. The summed E-state index contributed by atoms with van der Waals surface area (Å²) in [6.07, 6.45) is 1.89. The minimum absolute atomic E-state index is 0.0301. The molecule has 0 radical (unpaired) electrons. The van der Waals surface area contributed by atoms with Crippen LogP contribution in [0.15, 0.2) is 16.5 Å². The van der Waals surface area contributed by atoms with Gasteiger partial charge in [0.1, 0.15) is 11.5 Å². The highest BCUT2D eigenvalue weighted by Crippen LogP contribution is 2.27. The highest BCUT2D eigenvalue weighted by molar-refractivity contribution is 6.04. The zero-order chi connectivity index (χ0) is 19.0. The van der Waals surface area contributed by atoms with Gasteiger partial charge >= 0.3 is 6.03 Å². The predicted octanol–water partition coefficient (Wildman–Crippen LogP) is 1.94. The standard InChI is InChI=1S/C16H18N8O3/c1-7-3-6-10(27-7)11-8(2)13(22-20-11)18-16(26)19-14-12(21-24-23-14)15(25)17-9-4-5-9/h3,6,9H,4-5H2,1-2H3,(H,17,25)(H4,18,19,20,21,22,23,24,26). The van der Waals surface area contributed by atoms with E-state index in [0.717, 1.165) is 18.6 Å². The fourth-order valence-electron chi connectivity index (χ4n) is 2.53. The number of H-pyrrole nitrogens is 2. The van der Waals surface area contributed by atoms with E-state index in [-0.39, 0.29) is 23.5 Å². The summed E-state index contributed by atoms with van der Waals surface area (Å²) in [5.74, 6) is 1.40. The Morgan fingerprint density at radius 2 is 1.89 bits per heavy atom. The molecule has 5 N–H and O–H groups in total. The van der Waals surface area contributed by atoms with Crippen LogP contribution in [0, 0.1) is 13.8 Å². The van der Waals surface area contributed by atoms with Gasteiger partial charge in [0.05, 0.1) is 0 Å². The van der Waals surface area contributed by atoms with Crippen molar-refractivity contribution in [3.05, 3.63) is 29.2 Å². The van der Waals surface area contributed by atoms with Crippen molar-refractivity contribution < 1.29 is 14.0 Å². The molecule has 0 unspecified atom stereocenters. The third-order valence-corrected chi connectivity index (χ3v) is 4.14. The molecule has 1 fully saturated rings. The Bertz CT molecular complexity index is 997. The van der Waals surface area contributed by atoms with E-state index in [4.69, 9.17) is 4.42 Å². The van der Waals surface area contributed by atoms with Gasteiger partial charge in [0.15, 0.2) is 23.1 Å². The second kappa shape index (κ2) is 6.59. The van der Waals surface area contributed by atoms with E-state index >= 15 is 0 Å². The fraction of sp³-hybridized carbons (Fsp3) is 0.312. The maximum absolute atomic E-state index is 12.3. The van der Waals surface area contributed by atoms with Crippen LogP contribution in [0.25, 0.3) is 11.5 Å². The molecule has 3 heterocycles. The molecule has 3 amide bonds. The number of aryl methyl sites for hydroxylation is 1. The van der Waals surface area contributed by atoms with Gasteiger partial charge in [0, 0.05) is 11.6 Å². The summed E-state index contributed by atoms with van der Waals surface area (Å²) in [5.41, 5.74) is 1.42. The van der Waals surface area contributed by atoms with Gasteiger partial charge in [-0.15, -0.1) is 10.2 Å². The van der Waals surface area contributed by atoms with Gasteiger partial charge in [-0.1, -0.05) is 0 Å². The van der Waals surface area contributed by atoms with Crippen molar-refractivity contribution in [2.75, 3.05) is 10.6 Å². The molecule has 0 saturated heterocycles. The Balaban J connectivity index is 1.44. The third-order valence-electron chi connectivity index (χ3n) is 4.14. The lowest BCUT2D eigenvalue weighted by molar-refractivity contribution is 0.0947. The van der Waals surface area contributed by atoms with Gasteiger partial charge in [0.25, 0.3) is 5.91 Å². The molecule has 0 spiro atoms. The maximum Gasteiger partial charge on any atom is 0.326 e. The zero-order valence-electron chi connectivity index (χ0n) is 14.7. The largest absolute Gasteiger partial charge is 0.460 e. The van der Waals surface area contributed by atoms with Crippen molar-refractivity contribution in [1.29, 1.82) is 0 Å². The topological polar surface area (TPSA) is 154 Å². The number of rotatable bonds is 5. The first kappa shape index (κ1) is 16.8. The summed E-state index contributed by atoms with van der Waals surface area (Å²) in [6, 6.07) is 3.24. The zero-order valence-corrected chi connectivity index (χ0v) is 14.7. The van der Waals surface area contributed by atoms with Crippen LogP contribution in [0.2, 0.25) is 0 Å². The number of hydrogen-bond donors (Lipinski definition) is 5. The van der Waals surface area contributed by atoms with Crippen LogP contribution in [0.5, 0.6) is 0 Å². The average Bonchev–Trinajstić information content (AvgIpc) is 3.00. The number of amides is 3. The van der Waals surface area contributed by atoms with Crippen molar-refractivity contribution in [2.45, 2.75) is 32.7 Å². The Morgan fingerprint density at radius 3 is 2.59 bits per heavy atom. The molecular weight excluding hydrogens is 352 g/mol. The van der Waals surface area contributed by atoms with Gasteiger partial charge in [-0.3, -0.25) is 20.5 Å². The normalized spacial score (nSPS) is 13.4. The lowest BCUT2D eigenvalue weighted by Gasteiger charge is -2.05. The highest BCUT2D eigenvalue weighted by Gasteiger charge is 2.27. The minimum atomic E-state index is -0.596. The molecule has 11 nitrogen and oxygen atoms in total. The molecule has 0 atom stereocenters. The SMILES string of the molecule is Cc1ccc(-c2[nH]nc(NC(=O)Nc3n[nH]nc3C(=O)NC3CC3)c2C)o1. The molecule has 0 aromatic carbocycles. The summed E-state index contributed by atoms with van der Waals surface area (Å²) in [4.78, 5) is 24.4. The Labute approximate surface area is 153 Å². The van der Waals surface area contributed by atoms with Crippen molar-refractivity contribution in [1.82, 2.24) is 30.9 Å². The van der Waals surface area contributed by atoms with Crippen LogP contribution in [0.3, 0.4) is 0 Å². The molecule has 0 bridgehead atoms. The summed E-state index contributed by atoms with van der Waals surface area (Å²) < 4.78 is 5.57. The van der Waals surface area contributed by atoms with Gasteiger partial charge in [-0.05, 0) is 38.8 Å². The second-order valence-electron chi connectivity index (χ2n) is 6.33. The summed E-state index contributed by atoms with van der Waals surface area (Å²) in [6.45, 7) is 3.65. The number of aromatic nitrogens is 5. The van der Waals surface area contributed by atoms with Crippen LogP contribution in [-0.4, -0.2) is 43.6 Å². The summed E-state index contributed by atoms with van der Waals surface area (Å²) in [7, 11) is 0. The van der Waals surface area contributed by atoms with E-state index in [1.165, 1.54) is 0 Å². The Morgan fingerprint density at radius 1 is 1.11 bits per heavy atom. The van der Waals surface area contributed by atoms with E-state index in [1.807, 2.05) is 19.1 Å². The average molecular weight is 370 g/mol. The molecule has 4 rings (SSSR count). The lowest BCUT2D eigenvalue weighted by Crippen LogP contribution is -2.28. The van der Waals surface area contributed by atoms with Gasteiger partial charge in [0.2, 0.25) is 0 Å². The van der Waals surface area contributed by atoms with Crippen LogP contribution >= 0.6 is 0 Å². The molecule has 27 heavy (non-hydrogen) atoms. The quantitative estimate of drug-likeness (QED) is 0.462. The second-order valence-corrected chi connectivity index (χ2v) is 6.33. The number of hydrogen-bond acceptors (Lipinski definition) is 6. The first-order valence-corrected chi connectivity index (χ1v) is 8.42. The van der Waals surface area contributed by atoms with Crippen LogP contribution in [0.1, 0.15) is 34.7 Å². The van der Waals surface area contributed by atoms with Crippen molar-refractivity contribution in [2.24, 2.45) is 0 Å². The molecule has 3 aromatic rings. The van der Waals surface area contributed by atoms with Gasteiger partial charge < -0.3 is 9.73 Å². The van der Waals surface area contributed by atoms with Crippen molar-refractivity contribution in [3.63, 3.8) is 0 Å². The first-order chi connectivity index (χ1) is 13.0. The molecule has 3 aromatic heterocycles. The van der Waals surface area contributed by atoms with Gasteiger partial charge in [-0.2, -0.15) is 10.3 Å². The number of carbonyl (C=O) groups excluding carboxylic acids is 2. The lowest BCUT2D eigenvalue weighted by atomic mass is 10.2. The number of carbonyl (C=O) groups is 2. The first-order valence-electron chi connectivity index (χ1n) is 8.42. The smallest absolute Gasteiger partial charge is 0.326 e. The van der Waals surface area contributed by atoms with Crippen LogP contribution < -0.4 is 16.0 Å². The number of anilines is 2. The molecule has 1 aliphatic rings. The number of aromatic amines is 2. The molecule has 1 aliphatic carbocycles. The van der Waals surface area contributed by atoms with Crippen LogP contribution in [0.4, 0.5) is 16.4 Å². The summed E-state index contributed by atoms with van der Waals surface area (Å²) in [5, 5.41) is 24.8. The predicted molar refractivity (Wildman–Crippen MR) is 95.3 cm³/mol. The Kier molecular flexibility index (Phi) is 4.11. The maximum atomic E-state index is 12.3. The van der Waals surface area contributed by atoms with E-state index in [2.05, 4.69) is 41.6 Å². The fourth-order valence-corrected chi connectivity index (χ4v) is 2.53. The number of nitrogens with zero attached hydrogens (tertiary/aromatic N) is 3. The molecule has 0 aliphatic heterocycles. The number of furan rings is 1. The van der Waals surface area contributed by atoms with Gasteiger partial charge in [-0.25, -0.2) is 4.79 Å². The molecule has 140 valence electrons. The molecular formula is C16H18N8O3. The summed E-state index contributed by atoms with van der Waals surface area (Å²) >= 11 is 0. The molecule has 1 saturated carbocycles. The Hall–Kier alpha value is -3.63. The monoisotopic (exact) mass is 370 g/mol. The number of urea groups is 1. The van der Waals surface area contributed by atoms with Crippen molar-refractivity contribution in [3.8, 4) is 11.5 Å². The third kappa shape index (κ3) is 3.52. The van der Waals surface area contributed by atoms with E-state index in [9.17, 15) is 9.59 Å². The molecule has 11 heteroatoms. The van der Waals surface area contributed by atoms with E-state index < -0.39 is 6.03 Å². The van der Waals surface area contributed by atoms with E-state index in [0.29, 0.717) is 22.8 Å². The highest BCUT2D eigenvalue weighted by atomic mass is 16.3. The van der Waals surface area contributed by atoms with Crippen LogP contribution in [-0.2, 0) is 0 Å². The van der Waals surface area contributed by atoms with Crippen molar-refractivity contribution >= 4 is 23.6 Å². The van der Waals surface area contributed by atoms with E-state index in [1.54, 1.807) is 6.92 Å².